The summed E-state index contributed by atoms with van der Waals surface area (Å²) in [5.41, 5.74) is 0. The average molecular weight is 149 g/mol. The van der Waals surface area contributed by atoms with Crippen molar-refractivity contribution in [3.8, 4) is 0 Å². The minimum atomic E-state index is -1.92. The van der Waals surface area contributed by atoms with E-state index in [-0.39, 0.29) is 3.95 Å². The molecule has 0 bridgehead atoms. The lowest BCUT2D eigenvalue weighted by Crippen LogP contribution is -2.38. The topological polar surface area (TPSA) is 80.4 Å². The Labute approximate surface area is 55.7 Å². The first-order valence-electron chi connectivity index (χ1n) is 1.90. The van der Waals surface area contributed by atoms with Crippen LogP contribution in [-0.4, -0.2) is 27.7 Å². The van der Waals surface area contributed by atoms with Gasteiger partial charge in [-0.15, -0.1) is 0 Å². The Balaban J connectivity index is 4.05. The highest BCUT2D eigenvalue weighted by atomic mass is 32.1. The Morgan fingerprint density at radius 3 is 2.22 bits per heavy atom. The predicted molar refractivity (Wildman–Crippen MR) is 24.7 cm³/mol. The highest BCUT2D eigenvalue weighted by molar-refractivity contribution is 7.44. The number of carboxylic acids is 1. The zero-order chi connectivity index (χ0) is 7.44. The molecule has 0 aromatic heterocycles. The number of carboxylic acid groups (broad SMARTS) is 1. The summed E-state index contributed by atoms with van der Waals surface area (Å²) in [5.74, 6) is -3.33. The minimum absolute atomic E-state index is 0.204. The Hall–Kier alpha value is -0.880. The second-order valence-electron chi connectivity index (χ2n) is 1.11. The number of rotatable bonds is 1. The van der Waals surface area contributed by atoms with Crippen LogP contribution in [0.5, 0.6) is 0 Å². The molecular formula is C3H3NO4S. The lowest BCUT2D eigenvalue weighted by Gasteiger charge is -1.90. The van der Waals surface area contributed by atoms with E-state index in [1.165, 1.54) is 0 Å². The van der Waals surface area contributed by atoms with Crippen LogP contribution in [0.1, 0.15) is 0 Å². The van der Waals surface area contributed by atoms with Crippen LogP contribution < -0.4 is 5.11 Å². The number of nitrogens with zero attached hydrogens (tertiary/aromatic N) is 1. The minimum Gasteiger partial charge on any atom is -0.537 e. The van der Waals surface area contributed by atoms with Gasteiger partial charge in [-0.1, -0.05) is 3.95 Å². The summed E-state index contributed by atoms with van der Waals surface area (Å²) in [6.07, 6.45) is 0. The molecule has 5 nitrogen and oxygen atoms in total. The third-order valence-corrected chi connectivity index (χ3v) is 0.811. The molecule has 0 rings (SSSR count). The maximum Gasteiger partial charge on any atom is 0.451 e. The number of aliphatic carboxylic acids is 1. The molecule has 1 N–H and O–H groups in total. The number of aliphatic hydroxyl groups excluding tert-OH is 1. The molecule has 0 aliphatic rings. The van der Waals surface area contributed by atoms with Crippen LogP contribution in [0.3, 0.4) is 0 Å². The van der Waals surface area contributed by atoms with Gasteiger partial charge >= 0.3 is 5.91 Å². The van der Waals surface area contributed by atoms with Gasteiger partial charge < -0.3 is 15.0 Å². The van der Waals surface area contributed by atoms with Crippen LogP contribution in [0, 0.1) is 0 Å². The van der Waals surface area contributed by atoms with Gasteiger partial charge in [0, 0.05) is 0 Å². The van der Waals surface area contributed by atoms with E-state index >= 15 is 0 Å². The van der Waals surface area contributed by atoms with Crippen molar-refractivity contribution >= 4 is 24.3 Å². The number of hydrogen-bond donors (Lipinski definition) is 1. The summed E-state index contributed by atoms with van der Waals surface area (Å²) >= 11 is 4.05. The summed E-state index contributed by atoms with van der Waals surface area (Å²) in [4.78, 5) is 19.7. The van der Waals surface area contributed by atoms with E-state index in [9.17, 15) is 14.7 Å². The molecule has 0 unspecified atom stereocenters. The monoisotopic (exact) mass is 149 g/mol. The lowest BCUT2D eigenvalue weighted by molar-refractivity contribution is -0.465. The van der Waals surface area contributed by atoms with Crippen molar-refractivity contribution in [1.29, 1.82) is 0 Å². The Morgan fingerprint density at radius 1 is 1.67 bits per heavy atom. The van der Waals surface area contributed by atoms with Gasteiger partial charge in [-0.2, -0.15) is 0 Å². The van der Waals surface area contributed by atoms with Gasteiger partial charge in [0.15, 0.2) is 5.97 Å². The van der Waals surface area contributed by atoms with Gasteiger partial charge in [0.1, 0.15) is 0 Å². The summed E-state index contributed by atoms with van der Waals surface area (Å²) in [7, 11) is 0. The van der Waals surface area contributed by atoms with E-state index in [2.05, 4.69) is 12.4 Å². The molecule has 0 aliphatic carbocycles. The number of amides is 1. The highest BCUT2D eigenvalue weighted by Crippen LogP contribution is 1.70. The first kappa shape index (κ1) is 8.12. The molecule has 0 fully saturated rings. The van der Waals surface area contributed by atoms with Gasteiger partial charge in [-0.3, -0.25) is 0 Å². The number of carbonyl (C=O) groups excluding carboxylic acids is 2. The van der Waals surface area contributed by atoms with Crippen molar-refractivity contribution in [3.05, 3.63) is 0 Å². The SMILES string of the molecule is O=C([O-])C(=O)[N+](=S)CO. The fourth-order valence-corrected chi connectivity index (χ4v) is 0.241. The fraction of sp³-hybridized carbons (Fsp3) is 0.333. The first-order chi connectivity index (χ1) is 4.09. The quantitative estimate of drug-likeness (QED) is 0.243. The molecule has 0 heterocycles. The van der Waals surface area contributed by atoms with Crippen molar-refractivity contribution in [2.24, 2.45) is 0 Å². The smallest absolute Gasteiger partial charge is 0.451 e. The third-order valence-electron chi connectivity index (χ3n) is 0.530. The number of carbonyl (C=O) groups is 2. The molecule has 0 radical (unpaired) electrons. The maximum atomic E-state index is 10.1. The van der Waals surface area contributed by atoms with Crippen LogP contribution >= 0.6 is 0 Å². The lowest BCUT2D eigenvalue weighted by atomic mass is 10.6. The van der Waals surface area contributed by atoms with Crippen LogP contribution in [0.2, 0.25) is 0 Å². The largest absolute Gasteiger partial charge is 0.537 e. The van der Waals surface area contributed by atoms with Gasteiger partial charge in [0.05, 0.1) is 0 Å². The summed E-state index contributed by atoms with van der Waals surface area (Å²) in [5, 5.41) is 17.7. The van der Waals surface area contributed by atoms with E-state index in [0.29, 0.717) is 0 Å². The van der Waals surface area contributed by atoms with Crippen molar-refractivity contribution in [2.45, 2.75) is 0 Å². The van der Waals surface area contributed by atoms with Gasteiger partial charge in [-0.25, -0.2) is 4.79 Å². The second-order valence-corrected chi connectivity index (χ2v) is 1.55. The van der Waals surface area contributed by atoms with E-state index < -0.39 is 18.6 Å². The highest BCUT2D eigenvalue weighted by Gasteiger charge is 2.16. The molecule has 50 valence electrons. The number of aliphatic hydroxyl groups is 1. The fourth-order valence-electron chi connectivity index (χ4n) is 0.166. The van der Waals surface area contributed by atoms with Gasteiger partial charge in [0.2, 0.25) is 0 Å². The van der Waals surface area contributed by atoms with Crippen molar-refractivity contribution in [2.75, 3.05) is 6.73 Å². The second kappa shape index (κ2) is 3.21. The van der Waals surface area contributed by atoms with Crippen LogP contribution in [0.4, 0.5) is 0 Å². The van der Waals surface area contributed by atoms with Crippen LogP contribution in [0.25, 0.3) is 0 Å². The van der Waals surface area contributed by atoms with Crippen LogP contribution in [-0.2, 0) is 22.0 Å². The predicted octanol–water partition coefficient (Wildman–Crippen LogP) is -3.04. The molecular weight excluding hydrogens is 146 g/mol. The molecule has 0 saturated heterocycles. The van der Waals surface area contributed by atoms with E-state index in [1.54, 1.807) is 0 Å². The van der Waals surface area contributed by atoms with E-state index in [1.807, 2.05) is 0 Å². The van der Waals surface area contributed by atoms with Crippen LogP contribution in [0.15, 0.2) is 0 Å². The summed E-state index contributed by atoms with van der Waals surface area (Å²) < 4.78 is 0.204. The zero-order valence-corrected chi connectivity index (χ0v) is 5.05. The summed E-state index contributed by atoms with van der Waals surface area (Å²) in [6, 6.07) is 0. The van der Waals surface area contributed by atoms with Crippen molar-refractivity contribution in [1.82, 2.24) is 0 Å². The van der Waals surface area contributed by atoms with E-state index in [0.717, 1.165) is 0 Å². The van der Waals surface area contributed by atoms with Gasteiger partial charge in [-0.05, 0) is 0 Å². The van der Waals surface area contributed by atoms with E-state index in [4.69, 9.17) is 5.11 Å². The average Bonchev–Trinajstić information content (AvgIpc) is 1.84. The Morgan fingerprint density at radius 2 is 2.11 bits per heavy atom. The molecule has 1 amide bonds. The molecule has 0 aromatic rings. The maximum absolute atomic E-state index is 10.1. The molecule has 0 aromatic carbocycles. The molecule has 9 heavy (non-hydrogen) atoms. The first-order valence-corrected chi connectivity index (χ1v) is 2.27. The summed E-state index contributed by atoms with van der Waals surface area (Å²) in [6.45, 7) is -0.803. The normalized spacial score (nSPS) is 8.56. The van der Waals surface area contributed by atoms with Gasteiger partial charge in [0.25, 0.3) is 19.2 Å². The number of hydrogen-bond acceptors (Lipinski definition) is 5. The Kier molecular flexibility index (Phi) is 2.89. The molecule has 0 atom stereocenters. The molecule has 0 spiro atoms. The van der Waals surface area contributed by atoms with Crippen molar-refractivity contribution in [3.63, 3.8) is 0 Å². The third kappa shape index (κ3) is 2.24. The van der Waals surface area contributed by atoms with Crippen molar-refractivity contribution < 1.29 is 23.7 Å². The standard InChI is InChI=1S/C3H3NO4S/c5-1-4(9)2(6)3(7)8/h5H,1H2. The molecule has 0 saturated carbocycles. The Bertz CT molecular complexity index is 165. The zero-order valence-electron chi connectivity index (χ0n) is 4.23. The molecule has 6 heteroatoms. The molecule has 0 aliphatic heterocycles.